The molecule has 0 heterocycles. The van der Waals surface area contributed by atoms with E-state index in [4.69, 9.17) is 4.74 Å². The summed E-state index contributed by atoms with van der Waals surface area (Å²) in [5.74, 6) is 0.513. The fraction of sp³-hybridized carbons (Fsp3) is 0.235. The van der Waals surface area contributed by atoms with Gasteiger partial charge in [-0.25, -0.2) is 0 Å². The molecule has 2 rings (SSSR count). The zero-order valence-electron chi connectivity index (χ0n) is 12.2. The molecule has 0 radical (unpaired) electrons. The molecule has 0 bridgehead atoms. The predicted molar refractivity (Wildman–Crippen MR) is 88.8 cm³/mol. The second-order valence-electron chi connectivity index (χ2n) is 4.76. The Morgan fingerprint density at radius 2 is 2.00 bits per heavy atom. The largest absolute Gasteiger partial charge is 0.484 e. The number of rotatable bonds is 5. The molecular weight excluding hydrogens is 330 g/mol. The summed E-state index contributed by atoms with van der Waals surface area (Å²) in [7, 11) is 0. The zero-order valence-corrected chi connectivity index (χ0v) is 13.7. The van der Waals surface area contributed by atoms with Crippen LogP contribution in [0, 0.1) is 6.92 Å². The van der Waals surface area contributed by atoms with Gasteiger partial charge in [-0.1, -0.05) is 47.1 Å². The zero-order chi connectivity index (χ0) is 15.2. The summed E-state index contributed by atoms with van der Waals surface area (Å²) < 4.78 is 6.42. The number of nitrogens with one attached hydrogen (secondary N) is 1. The number of halogens is 1. The van der Waals surface area contributed by atoms with E-state index < -0.39 is 0 Å². The molecule has 1 amide bonds. The fourth-order valence-electron chi connectivity index (χ4n) is 2.08. The Morgan fingerprint density at radius 3 is 2.71 bits per heavy atom. The standard InChI is InChI=1S/C17H18BrNO2/c1-3-13-7-4-6-12(2)17(13)19-16(20)11-21-15-9-5-8-14(18)10-15/h4-10H,3,11H2,1-2H3,(H,19,20). The van der Waals surface area contributed by atoms with Gasteiger partial charge in [-0.2, -0.15) is 0 Å². The number of hydrogen-bond acceptors (Lipinski definition) is 2. The van der Waals surface area contributed by atoms with Crippen LogP contribution < -0.4 is 10.1 Å². The number of hydrogen-bond donors (Lipinski definition) is 1. The van der Waals surface area contributed by atoms with Crippen molar-refractivity contribution in [2.24, 2.45) is 0 Å². The van der Waals surface area contributed by atoms with Crippen molar-refractivity contribution in [3.8, 4) is 5.75 Å². The van der Waals surface area contributed by atoms with Crippen LogP contribution in [0.25, 0.3) is 0 Å². The van der Waals surface area contributed by atoms with Gasteiger partial charge in [-0.15, -0.1) is 0 Å². The summed E-state index contributed by atoms with van der Waals surface area (Å²) in [6.07, 6.45) is 0.879. The highest BCUT2D eigenvalue weighted by molar-refractivity contribution is 9.10. The maximum atomic E-state index is 12.0. The molecule has 0 aliphatic rings. The smallest absolute Gasteiger partial charge is 0.262 e. The minimum Gasteiger partial charge on any atom is -0.484 e. The lowest BCUT2D eigenvalue weighted by atomic mass is 10.1. The summed E-state index contributed by atoms with van der Waals surface area (Å²) in [6, 6.07) is 13.5. The van der Waals surface area contributed by atoms with Gasteiger partial charge in [0.05, 0.1) is 0 Å². The molecule has 1 N–H and O–H groups in total. The van der Waals surface area contributed by atoms with Gasteiger partial charge in [0.15, 0.2) is 6.61 Å². The lowest BCUT2D eigenvalue weighted by Gasteiger charge is -2.13. The van der Waals surface area contributed by atoms with E-state index >= 15 is 0 Å². The monoisotopic (exact) mass is 347 g/mol. The average Bonchev–Trinajstić information content (AvgIpc) is 2.47. The summed E-state index contributed by atoms with van der Waals surface area (Å²) >= 11 is 3.37. The molecule has 0 saturated heterocycles. The Hall–Kier alpha value is -1.81. The Morgan fingerprint density at radius 1 is 1.24 bits per heavy atom. The quantitative estimate of drug-likeness (QED) is 0.873. The fourth-order valence-corrected chi connectivity index (χ4v) is 2.46. The first-order valence-electron chi connectivity index (χ1n) is 6.87. The van der Waals surface area contributed by atoms with Gasteiger partial charge in [0.2, 0.25) is 0 Å². The normalized spacial score (nSPS) is 10.2. The molecule has 21 heavy (non-hydrogen) atoms. The topological polar surface area (TPSA) is 38.3 Å². The SMILES string of the molecule is CCc1cccc(C)c1NC(=O)COc1cccc(Br)c1. The molecule has 0 unspecified atom stereocenters. The molecule has 2 aromatic rings. The van der Waals surface area contributed by atoms with E-state index in [1.54, 1.807) is 0 Å². The number of aryl methyl sites for hydroxylation is 2. The van der Waals surface area contributed by atoms with Crippen LogP contribution >= 0.6 is 15.9 Å². The third kappa shape index (κ3) is 4.33. The van der Waals surface area contributed by atoms with E-state index in [-0.39, 0.29) is 12.5 Å². The molecular formula is C17H18BrNO2. The van der Waals surface area contributed by atoms with Crippen molar-refractivity contribution in [3.05, 3.63) is 58.1 Å². The Bertz CT molecular complexity index is 640. The minimum atomic E-state index is -0.154. The van der Waals surface area contributed by atoms with Crippen molar-refractivity contribution in [2.45, 2.75) is 20.3 Å². The highest BCUT2D eigenvalue weighted by Gasteiger charge is 2.09. The first-order valence-corrected chi connectivity index (χ1v) is 7.66. The number of carbonyl (C=O) groups excluding carboxylic acids is 1. The molecule has 0 saturated carbocycles. The third-order valence-corrected chi connectivity index (χ3v) is 3.66. The molecule has 0 aromatic heterocycles. The van der Waals surface area contributed by atoms with Gasteiger partial charge in [-0.05, 0) is 42.7 Å². The molecule has 0 aliphatic carbocycles. The molecule has 110 valence electrons. The van der Waals surface area contributed by atoms with E-state index in [9.17, 15) is 4.79 Å². The third-order valence-electron chi connectivity index (χ3n) is 3.17. The summed E-state index contributed by atoms with van der Waals surface area (Å²) in [5, 5.41) is 2.94. The molecule has 0 spiro atoms. The van der Waals surface area contributed by atoms with E-state index in [0.717, 1.165) is 27.7 Å². The van der Waals surface area contributed by atoms with Gasteiger partial charge >= 0.3 is 0 Å². The number of ether oxygens (including phenoxy) is 1. The molecule has 0 fully saturated rings. The van der Waals surface area contributed by atoms with Gasteiger partial charge in [0.25, 0.3) is 5.91 Å². The molecule has 0 atom stereocenters. The lowest BCUT2D eigenvalue weighted by Crippen LogP contribution is -2.21. The van der Waals surface area contributed by atoms with Crippen LogP contribution in [0.3, 0.4) is 0 Å². The second-order valence-corrected chi connectivity index (χ2v) is 5.67. The number of para-hydroxylation sites is 1. The van der Waals surface area contributed by atoms with Gasteiger partial charge < -0.3 is 10.1 Å². The number of anilines is 1. The molecule has 0 aliphatic heterocycles. The maximum Gasteiger partial charge on any atom is 0.262 e. The minimum absolute atomic E-state index is 0.00601. The highest BCUT2D eigenvalue weighted by atomic mass is 79.9. The Kier molecular flexibility index (Phi) is 5.39. The van der Waals surface area contributed by atoms with Crippen molar-refractivity contribution in [3.63, 3.8) is 0 Å². The van der Waals surface area contributed by atoms with Crippen LogP contribution in [0.4, 0.5) is 5.69 Å². The lowest BCUT2D eigenvalue weighted by molar-refractivity contribution is -0.118. The molecule has 3 nitrogen and oxygen atoms in total. The summed E-state index contributed by atoms with van der Waals surface area (Å²) in [4.78, 5) is 12.0. The van der Waals surface area contributed by atoms with Crippen molar-refractivity contribution < 1.29 is 9.53 Å². The van der Waals surface area contributed by atoms with Crippen molar-refractivity contribution in [1.29, 1.82) is 0 Å². The van der Waals surface area contributed by atoms with E-state index in [1.165, 1.54) is 0 Å². The van der Waals surface area contributed by atoms with Crippen molar-refractivity contribution in [2.75, 3.05) is 11.9 Å². The molecule has 4 heteroatoms. The number of amides is 1. The van der Waals surface area contributed by atoms with Crippen LogP contribution in [-0.2, 0) is 11.2 Å². The van der Waals surface area contributed by atoms with Crippen molar-refractivity contribution in [1.82, 2.24) is 0 Å². The predicted octanol–water partition coefficient (Wildman–Crippen LogP) is 4.34. The van der Waals surface area contributed by atoms with Crippen LogP contribution in [-0.4, -0.2) is 12.5 Å². The van der Waals surface area contributed by atoms with Crippen LogP contribution in [0.1, 0.15) is 18.1 Å². The molecule has 2 aromatic carbocycles. The Balaban J connectivity index is 1.99. The van der Waals surface area contributed by atoms with E-state index in [1.807, 2.05) is 49.4 Å². The first-order chi connectivity index (χ1) is 10.1. The summed E-state index contributed by atoms with van der Waals surface area (Å²) in [5.41, 5.74) is 3.08. The maximum absolute atomic E-state index is 12.0. The van der Waals surface area contributed by atoms with Crippen LogP contribution in [0.15, 0.2) is 46.9 Å². The van der Waals surface area contributed by atoms with E-state index in [0.29, 0.717) is 5.75 Å². The number of benzene rings is 2. The van der Waals surface area contributed by atoms with Crippen LogP contribution in [0.2, 0.25) is 0 Å². The Labute approximate surface area is 133 Å². The van der Waals surface area contributed by atoms with Gasteiger partial charge in [-0.3, -0.25) is 4.79 Å². The van der Waals surface area contributed by atoms with Crippen LogP contribution in [0.5, 0.6) is 5.75 Å². The number of carbonyl (C=O) groups is 1. The summed E-state index contributed by atoms with van der Waals surface area (Å²) in [6.45, 7) is 4.06. The highest BCUT2D eigenvalue weighted by Crippen LogP contribution is 2.21. The second kappa shape index (κ2) is 7.27. The van der Waals surface area contributed by atoms with Gasteiger partial charge in [0.1, 0.15) is 5.75 Å². The van der Waals surface area contributed by atoms with E-state index in [2.05, 4.69) is 28.2 Å². The average molecular weight is 348 g/mol. The van der Waals surface area contributed by atoms with Gasteiger partial charge in [0, 0.05) is 10.2 Å². The first kappa shape index (κ1) is 15.6. The van der Waals surface area contributed by atoms with Crippen molar-refractivity contribution >= 4 is 27.5 Å².